The summed E-state index contributed by atoms with van der Waals surface area (Å²) in [6.07, 6.45) is 1.43. The first-order valence-electron chi connectivity index (χ1n) is 6.63. The molecule has 0 spiro atoms. The molecule has 0 saturated heterocycles. The van der Waals surface area contributed by atoms with E-state index in [-0.39, 0.29) is 5.54 Å². The van der Waals surface area contributed by atoms with Crippen molar-refractivity contribution in [2.45, 2.75) is 12.1 Å². The van der Waals surface area contributed by atoms with E-state index >= 15 is 0 Å². The lowest BCUT2D eigenvalue weighted by atomic mass is 10.1. The maximum absolute atomic E-state index is 5.58. The molecule has 1 unspecified atom stereocenters. The molecule has 0 bridgehead atoms. The van der Waals surface area contributed by atoms with Gasteiger partial charge in [-0.2, -0.15) is 0 Å². The van der Waals surface area contributed by atoms with Crippen LogP contribution in [0.25, 0.3) is 0 Å². The predicted octanol–water partition coefficient (Wildman–Crippen LogP) is 2.49. The Kier molecular flexibility index (Phi) is 7.63. The SMILES string of the molecule is C=COCc1ccc(C(COC)[Si](OC)(OC)OC)cc1. The summed E-state index contributed by atoms with van der Waals surface area (Å²) in [5.41, 5.74) is 2.03. The van der Waals surface area contributed by atoms with Crippen molar-refractivity contribution in [3.05, 3.63) is 48.2 Å². The van der Waals surface area contributed by atoms with Gasteiger partial charge in [-0.3, -0.25) is 0 Å². The van der Waals surface area contributed by atoms with Crippen LogP contribution in [0.3, 0.4) is 0 Å². The third-order valence-electron chi connectivity index (χ3n) is 3.36. The van der Waals surface area contributed by atoms with Gasteiger partial charge in [-0.05, 0) is 11.1 Å². The van der Waals surface area contributed by atoms with Gasteiger partial charge in [0.2, 0.25) is 0 Å². The van der Waals surface area contributed by atoms with E-state index in [2.05, 4.69) is 6.58 Å². The summed E-state index contributed by atoms with van der Waals surface area (Å²) in [6, 6.07) is 8.04. The van der Waals surface area contributed by atoms with E-state index in [1.54, 1.807) is 28.4 Å². The fourth-order valence-corrected chi connectivity index (χ4v) is 4.57. The summed E-state index contributed by atoms with van der Waals surface area (Å²) in [7, 11) is 3.64. The van der Waals surface area contributed by atoms with E-state index in [0.29, 0.717) is 13.2 Å². The van der Waals surface area contributed by atoms with Crippen molar-refractivity contribution in [1.29, 1.82) is 0 Å². The fourth-order valence-electron chi connectivity index (χ4n) is 2.25. The van der Waals surface area contributed by atoms with Gasteiger partial charge in [0.1, 0.15) is 6.61 Å². The van der Waals surface area contributed by atoms with Crippen LogP contribution in [0.4, 0.5) is 0 Å². The molecular formula is C15H24O5Si. The number of rotatable bonds is 10. The summed E-state index contributed by atoms with van der Waals surface area (Å²) in [6.45, 7) is 4.49. The smallest absolute Gasteiger partial charge is 0.497 e. The molecule has 0 aromatic heterocycles. The third kappa shape index (κ3) is 4.39. The summed E-state index contributed by atoms with van der Waals surface area (Å²) in [5.74, 6) is 0. The second kappa shape index (κ2) is 8.96. The molecule has 118 valence electrons. The minimum absolute atomic E-state index is 0.0862. The Bertz CT molecular complexity index is 408. The first-order valence-corrected chi connectivity index (χ1v) is 8.43. The van der Waals surface area contributed by atoms with Crippen LogP contribution in [-0.2, 0) is 29.4 Å². The lowest BCUT2D eigenvalue weighted by Crippen LogP contribution is -2.51. The molecule has 0 heterocycles. The molecule has 1 rings (SSSR count). The molecule has 0 saturated carbocycles. The van der Waals surface area contributed by atoms with Gasteiger partial charge in [0, 0.05) is 28.4 Å². The van der Waals surface area contributed by atoms with Crippen LogP contribution in [-0.4, -0.2) is 43.9 Å². The normalized spacial score (nSPS) is 13.0. The van der Waals surface area contributed by atoms with Gasteiger partial charge in [-0.25, -0.2) is 0 Å². The molecule has 0 amide bonds. The fraction of sp³-hybridized carbons (Fsp3) is 0.467. The number of benzene rings is 1. The Morgan fingerprint density at radius 3 is 2.05 bits per heavy atom. The van der Waals surface area contributed by atoms with E-state index in [4.69, 9.17) is 22.8 Å². The highest BCUT2D eigenvalue weighted by Crippen LogP contribution is 2.29. The lowest BCUT2D eigenvalue weighted by molar-refractivity contribution is 0.0905. The predicted molar refractivity (Wildman–Crippen MR) is 82.8 cm³/mol. The van der Waals surface area contributed by atoms with E-state index in [0.717, 1.165) is 11.1 Å². The van der Waals surface area contributed by atoms with Crippen molar-refractivity contribution in [3.8, 4) is 0 Å². The quantitative estimate of drug-likeness (QED) is 0.491. The van der Waals surface area contributed by atoms with Gasteiger partial charge in [0.25, 0.3) is 0 Å². The molecule has 0 aliphatic heterocycles. The zero-order valence-electron chi connectivity index (χ0n) is 13.1. The average molecular weight is 312 g/mol. The molecular weight excluding hydrogens is 288 g/mol. The van der Waals surface area contributed by atoms with Gasteiger partial charge in [-0.15, -0.1) is 0 Å². The van der Waals surface area contributed by atoms with Crippen molar-refractivity contribution in [2.24, 2.45) is 0 Å². The van der Waals surface area contributed by atoms with Gasteiger partial charge in [0.05, 0.1) is 18.4 Å². The third-order valence-corrected chi connectivity index (χ3v) is 6.42. The highest BCUT2D eigenvalue weighted by molar-refractivity contribution is 6.62. The van der Waals surface area contributed by atoms with Crippen molar-refractivity contribution >= 4 is 8.80 Å². The summed E-state index contributed by atoms with van der Waals surface area (Å²) in [4.78, 5) is 0. The Morgan fingerprint density at radius 2 is 1.62 bits per heavy atom. The van der Waals surface area contributed by atoms with Crippen LogP contribution in [0.5, 0.6) is 0 Å². The second-order valence-electron chi connectivity index (χ2n) is 4.44. The zero-order chi connectivity index (χ0) is 15.7. The Morgan fingerprint density at radius 1 is 1.05 bits per heavy atom. The minimum atomic E-state index is -2.82. The number of ether oxygens (including phenoxy) is 2. The van der Waals surface area contributed by atoms with Crippen LogP contribution in [0.15, 0.2) is 37.1 Å². The van der Waals surface area contributed by atoms with Gasteiger partial charge >= 0.3 is 8.80 Å². The number of hydrogen-bond acceptors (Lipinski definition) is 5. The molecule has 21 heavy (non-hydrogen) atoms. The van der Waals surface area contributed by atoms with Gasteiger partial charge in [-0.1, -0.05) is 30.8 Å². The van der Waals surface area contributed by atoms with Crippen LogP contribution < -0.4 is 0 Å². The highest BCUT2D eigenvalue weighted by atomic mass is 28.4. The van der Waals surface area contributed by atoms with Crippen LogP contribution >= 0.6 is 0 Å². The standard InChI is InChI=1S/C15H24O5Si/c1-6-20-11-13-7-9-14(10-8-13)15(12-16-2)21(17-3,18-4)19-5/h6-10,15H,1,11-12H2,2-5H3. The largest absolute Gasteiger partial charge is 0.510 e. The van der Waals surface area contributed by atoms with Crippen molar-refractivity contribution < 1.29 is 22.8 Å². The maximum atomic E-state index is 5.58. The Balaban J connectivity index is 3.01. The molecule has 0 aliphatic rings. The van der Waals surface area contributed by atoms with Crippen molar-refractivity contribution in [3.63, 3.8) is 0 Å². The topological polar surface area (TPSA) is 46.2 Å². The monoisotopic (exact) mass is 312 g/mol. The van der Waals surface area contributed by atoms with E-state index < -0.39 is 8.80 Å². The molecule has 1 atom stereocenters. The van der Waals surface area contributed by atoms with Crippen molar-refractivity contribution in [1.82, 2.24) is 0 Å². The summed E-state index contributed by atoms with van der Waals surface area (Å²) in [5, 5.41) is 0. The van der Waals surface area contributed by atoms with E-state index in [1.165, 1.54) is 6.26 Å². The minimum Gasteiger partial charge on any atom is -0.497 e. The first kappa shape index (κ1) is 17.9. The maximum Gasteiger partial charge on any atom is 0.510 e. The molecule has 6 heteroatoms. The molecule has 1 aromatic carbocycles. The Hall–Kier alpha value is -1.18. The molecule has 1 aromatic rings. The Labute approximate surface area is 127 Å². The van der Waals surface area contributed by atoms with Crippen LogP contribution in [0.2, 0.25) is 0 Å². The molecule has 0 fully saturated rings. The van der Waals surface area contributed by atoms with Crippen LogP contribution in [0, 0.1) is 0 Å². The van der Waals surface area contributed by atoms with Crippen LogP contribution in [0.1, 0.15) is 16.7 Å². The second-order valence-corrected chi connectivity index (χ2v) is 7.57. The molecule has 0 aliphatic carbocycles. The van der Waals surface area contributed by atoms with Gasteiger partial charge < -0.3 is 22.8 Å². The first-order chi connectivity index (χ1) is 10.2. The average Bonchev–Trinajstić information content (AvgIpc) is 2.54. The zero-order valence-corrected chi connectivity index (χ0v) is 14.1. The molecule has 0 N–H and O–H groups in total. The summed E-state index contributed by atoms with van der Waals surface area (Å²) < 4.78 is 27.2. The van der Waals surface area contributed by atoms with E-state index in [9.17, 15) is 0 Å². The molecule has 5 nitrogen and oxygen atoms in total. The van der Waals surface area contributed by atoms with E-state index in [1.807, 2.05) is 24.3 Å². The molecule has 0 radical (unpaired) electrons. The highest BCUT2D eigenvalue weighted by Gasteiger charge is 2.48. The van der Waals surface area contributed by atoms with Crippen molar-refractivity contribution in [2.75, 3.05) is 35.0 Å². The van der Waals surface area contributed by atoms with Gasteiger partial charge in [0.15, 0.2) is 0 Å². The number of hydrogen-bond donors (Lipinski definition) is 0. The number of methoxy groups -OCH3 is 1. The lowest BCUT2D eigenvalue weighted by Gasteiger charge is -2.32. The summed E-state index contributed by atoms with van der Waals surface area (Å²) >= 11 is 0.